The number of methoxy groups -OCH3 is 1. The van der Waals surface area contributed by atoms with Gasteiger partial charge in [0.2, 0.25) is 0 Å². The fraction of sp³-hybridized carbons (Fsp3) is 0.200. The minimum Gasteiger partial charge on any atom is -0.495 e. The Bertz CT molecular complexity index is 355. The van der Waals surface area contributed by atoms with E-state index in [0.717, 1.165) is 0 Å². The summed E-state index contributed by atoms with van der Waals surface area (Å²) in [7, 11) is -2.74. The van der Waals surface area contributed by atoms with Gasteiger partial charge in [0.1, 0.15) is 5.75 Å². The van der Waals surface area contributed by atoms with Crippen molar-refractivity contribution in [3.8, 4) is 5.75 Å². The zero-order chi connectivity index (χ0) is 10.9. The van der Waals surface area contributed by atoms with Gasteiger partial charge < -0.3 is 4.74 Å². The maximum atomic E-state index is 7.29. The van der Waals surface area contributed by atoms with Crippen molar-refractivity contribution in [2.24, 2.45) is 0 Å². The van der Waals surface area contributed by atoms with E-state index in [4.69, 9.17) is 18.5 Å². The largest absolute Gasteiger partial charge is 0.495 e. The van der Waals surface area contributed by atoms with Gasteiger partial charge in [0.05, 0.1) is 20.1 Å². The van der Waals surface area contributed by atoms with Crippen LogP contribution in [0.5, 0.6) is 5.75 Å². The quantitative estimate of drug-likeness (QED) is 0.601. The van der Waals surface area contributed by atoms with Gasteiger partial charge in [0.25, 0.3) is 0 Å². The monoisotopic (exact) mass is 149 g/mol. The van der Waals surface area contributed by atoms with E-state index in [-0.39, 0.29) is 5.15 Å². The van der Waals surface area contributed by atoms with Gasteiger partial charge in [0, 0.05) is 6.04 Å². The summed E-state index contributed by atoms with van der Waals surface area (Å²) in [5.74, 6) is -0.495. The van der Waals surface area contributed by atoms with Gasteiger partial charge in [-0.2, -0.15) is 5.10 Å². The lowest BCUT2D eigenvalue weighted by atomic mass is 10.5. The summed E-state index contributed by atoms with van der Waals surface area (Å²) in [4.78, 5) is 0. The highest BCUT2D eigenvalue weighted by molar-refractivity contribution is 6.29. The average Bonchev–Trinajstić information content (AvgIpc) is 2.04. The normalized spacial score (nSPS) is 18.6. The second-order valence-electron chi connectivity index (χ2n) is 1.16. The highest BCUT2D eigenvalue weighted by Gasteiger charge is 1.91. The average molecular weight is 150 g/mol. The minimum atomic E-state index is -2.74. The number of nitrogens with zero attached hydrogens (tertiary/aromatic N) is 2. The molecule has 0 spiro atoms. The van der Waals surface area contributed by atoms with Crippen molar-refractivity contribution in [1.82, 2.24) is 10.2 Å². The van der Waals surface area contributed by atoms with E-state index >= 15 is 0 Å². The molecule has 3 nitrogen and oxygen atoms in total. The van der Waals surface area contributed by atoms with E-state index in [1.807, 2.05) is 0 Å². The molecule has 0 atom stereocenters. The molecule has 48 valence electrons. The van der Waals surface area contributed by atoms with Crippen LogP contribution in [0.2, 0.25) is 5.15 Å². The molecule has 0 aliphatic carbocycles. The van der Waals surface area contributed by atoms with E-state index in [1.165, 1.54) is 0 Å². The number of halogens is 1. The first kappa shape index (κ1) is 2.42. The maximum Gasteiger partial charge on any atom is 0.155 e. The molecule has 0 amide bonds. The molecule has 1 heterocycles. The molecule has 0 aliphatic heterocycles. The Morgan fingerprint density at radius 3 is 3.67 bits per heavy atom. The third-order valence-corrected chi connectivity index (χ3v) is 0.778. The summed E-state index contributed by atoms with van der Waals surface area (Å²) in [6.07, 6.45) is -0.532. The Morgan fingerprint density at radius 1 is 2.00 bits per heavy atom. The van der Waals surface area contributed by atoms with Gasteiger partial charge in [-0.15, -0.1) is 5.10 Å². The summed E-state index contributed by atoms with van der Waals surface area (Å²) >= 11 is 5.41. The maximum absolute atomic E-state index is 7.29. The minimum absolute atomic E-state index is 0.305. The van der Waals surface area contributed by atoms with Crippen molar-refractivity contribution in [3.63, 3.8) is 0 Å². The smallest absolute Gasteiger partial charge is 0.155 e. The van der Waals surface area contributed by atoms with Gasteiger partial charge in [0.15, 0.2) is 5.15 Å². The number of hydrogen-bond acceptors (Lipinski definition) is 3. The van der Waals surface area contributed by atoms with Crippen LogP contribution >= 0.6 is 11.6 Å². The summed E-state index contributed by atoms with van der Waals surface area (Å²) < 4.78 is 39.2. The predicted octanol–water partition coefficient (Wildman–Crippen LogP) is 1.14. The van der Waals surface area contributed by atoms with Crippen LogP contribution in [0.1, 0.15) is 6.85 Å². The fourth-order valence-corrected chi connectivity index (χ4v) is 0.433. The van der Waals surface area contributed by atoms with Crippen LogP contribution < -0.4 is 4.74 Å². The Balaban J connectivity index is 3.13. The first-order chi connectivity index (χ1) is 6.31. The molecule has 0 radical (unpaired) electrons. The lowest BCUT2D eigenvalue weighted by Crippen LogP contribution is -1.85. The SMILES string of the molecule is [2H]c1nnc(Cl)c([2H])c1OC([2H])([2H])[2H]. The number of hydrogen-bond donors (Lipinski definition) is 0. The molecular weight excluding hydrogens is 140 g/mol. The first-order valence-corrected chi connectivity index (χ1v) is 2.37. The first-order valence-electron chi connectivity index (χ1n) is 4.49. The zero-order valence-electron chi connectivity index (χ0n) is 9.18. The molecule has 0 saturated heterocycles. The zero-order valence-corrected chi connectivity index (χ0v) is 4.94. The molecule has 0 aromatic carbocycles. The van der Waals surface area contributed by atoms with Crippen LogP contribution in [-0.2, 0) is 0 Å². The van der Waals surface area contributed by atoms with Gasteiger partial charge in [-0.05, 0) is 0 Å². The van der Waals surface area contributed by atoms with Gasteiger partial charge in [-0.25, -0.2) is 0 Å². The number of ether oxygens (including phenoxy) is 1. The van der Waals surface area contributed by atoms with Crippen LogP contribution in [-0.4, -0.2) is 17.2 Å². The number of aromatic nitrogens is 2. The van der Waals surface area contributed by atoms with E-state index in [9.17, 15) is 0 Å². The van der Waals surface area contributed by atoms with E-state index in [0.29, 0.717) is 0 Å². The van der Waals surface area contributed by atoms with Crippen LogP contribution in [0.25, 0.3) is 0 Å². The Hall–Kier alpha value is -0.830. The summed E-state index contributed by atoms with van der Waals surface area (Å²) in [6, 6.07) is -0.456. The Labute approximate surface area is 64.6 Å². The molecule has 0 unspecified atom stereocenters. The topological polar surface area (TPSA) is 35.0 Å². The van der Waals surface area contributed by atoms with E-state index < -0.39 is 25.0 Å². The molecule has 1 rings (SSSR count). The van der Waals surface area contributed by atoms with Crippen LogP contribution in [0.4, 0.5) is 0 Å². The molecule has 0 saturated carbocycles. The summed E-state index contributed by atoms with van der Waals surface area (Å²) in [5, 5.41) is 6.15. The molecule has 0 bridgehead atoms. The van der Waals surface area contributed by atoms with Crippen molar-refractivity contribution in [2.75, 3.05) is 7.04 Å². The van der Waals surface area contributed by atoms with Crippen LogP contribution in [0.15, 0.2) is 12.2 Å². The van der Waals surface area contributed by atoms with Gasteiger partial charge >= 0.3 is 0 Å². The Morgan fingerprint density at radius 2 is 2.89 bits per heavy atom. The molecule has 0 aliphatic rings. The molecule has 4 heteroatoms. The van der Waals surface area contributed by atoms with Gasteiger partial charge in [-0.3, -0.25) is 0 Å². The molecule has 1 aromatic heterocycles. The third-order valence-electron chi connectivity index (χ3n) is 0.608. The van der Waals surface area contributed by atoms with Crippen molar-refractivity contribution in [2.45, 2.75) is 0 Å². The molecule has 0 N–H and O–H groups in total. The van der Waals surface area contributed by atoms with Crippen LogP contribution in [0, 0.1) is 0 Å². The summed E-state index contributed by atoms with van der Waals surface area (Å²) in [5.41, 5.74) is 0. The second kappa shape index (κ2) is 2.64. The van der Waals surface area contributed by atoms with E-state index in [1.54, 1.807) is 0 Å². The molecule has 9 heavy (non-hydrogen) atoms. The molecule has 0 fully saturated rings. The highest BCUT2D eigenvalue weighted by atomic mass is 35.5. The lowest BCUT2D eigenvalue weighted by molar-refractivity contribution is 0.411. The van der Waals surface area contributed by atoms with Crippen molar-refractivity contribution in [1.29, 1.82) is 0 Å². The third kappa shape index (κ3) is 1.54. The summed E-state index contributed by atoms with van der Waals surface area (Å²) in [6.45, 7) is 0. The lowest BCUT2D eigenvalue weighted by Gasteiger charge is -1.94. The van der Waals surface area contributed by atoms with Crippen LogP contribution in [0.3, 0.4) is 0 Å². The number of rotatable bonds is 1. The van der Waals surface area contributed by atoms with Crippen molar-refractivity contribution < 1.29 is 11.6 Å². The molecular formula is C5H5ClN2O. The highest BCUT2D eigenvalue weighted by Crippen LogP contribution is 2.10. The predicted molar refractivity (Wildman–Crippen MR) is 33.6 cm³/mol. The molecule has 1 aromatic rings. The van der Waals surface area contributed by atoms with Crippen molar-refractivity contribution >= 4 is 11.6 Å². The van der Waals surface area contributed by atoms with Gasteiger partial charge in [-0.1, -0.05) is 11.6 Å². The Kier molecular flexibility index (Phi) is 0.710. The second-order valence-corrected chi connectivity index (χ2v) is 1.52. The fourth-order valence-electron chi connectivity index (χ4n) is 0.309. The van der Waals surface area contributed by atoms with Crippen molar-refractivity contribution in [3.05, 3.63) is 17.4 Å². The van der Waals surface area contributed by atoms with E-state index in [2.05, 4.69) is 14.9 Å². The standard InChI is InChI=1S/C5H5ClN2O/c1-9-4-2-5(6)8-7-3-4/h2-3H,1H3/i1D3,2D,3D.